The van der Waals surface area contributed by atoms with Crippen molar-refractivity contribution in [2.24, 2.45) is 5.92 Å². The number of aromatic nitrogens is 2. The van der Waals surface area contributed by atoms with Gasteiger partial charge in [0.05, 0.1) is 6.20 Å². The number of H-pyrrole nitrogens is 1. The third-order valence-corrected chi connectivity index (χ3v) is 2.89. The molecule has 2 heteroatoms. The monoisotopic (exact) mass is 178 g/mol. The molecule has 72 valence electrons. The number of aromatic amines is 1. The van der Waals surface area contributed by atoms with Crippen LogP contribution in [0.3, 0.4) is 0 Å². The van der Waals surface area contributed by atoms with Crippen LogP contribution in [-0.4, -0.2) is 10.2 Å². The molecule has 0 aromatic carbocycles. The van der Waals surface area contributed by atoms with Crippen molar-refractivity contribution in [3.05, 3.63) is 17.5 Å². The third kappa shape index (κ3) is 1.77. The highest BCUT2D eigenvalue weighted by Gasteiger charge is 2.23. The first-order chi connectivity index (χ1) is 6.27. The van der Waals surface area contributed by atoms with Gasteiger partial charge in [-0.15, -0.1) is 0 Å². The Balaban J connectivity index is 2.10. The second-order valence-corrected chi connectivity index (χ2v) is 4.53. The molecule has 2 nitrogen and oxygen atoms in total. The lowest BCUT2D eigenvalue weighted by atomic mass is 9.81. The summed E-state index contributed by atoms with van der Waals surface area (Å²) >= 11 is 0. The first kappa shape index (κ1) is 8.79. The fraction of sp³-hybridized carbons (Fsp3) is 0.727. The summed E-state index contributed by atoms with van der Waals surface area (Å²) in [4.78, 5) is 0. The molecule has 0 aliphatic heterocycles. The fourth-order valence-electron chi connectivity index (χ4n) is 1.97. The average Bonchev–Trinajstić information content (AvgIpc) is 2.32. The van der Waals surface area contributed by atoms with Crippen LogP contribution in [-0.2, 0) is 6.42 Å². The zero-order chi connectivity index (χ0) is 9.26. The Bertz CT molecular complexity index is 271. The molecule has 0 radical (unpaired) electrons. The molecule has 0 amide bonds. The minimum Gasteiger partial charge on any atom is -0.282 e. The Hall–Kier alpha value is -0.790. The van der Waals surface area contributed by atoms with Gasteiger partial charge >= 0.3 is 0 Å². The van der Waals surface area contributed by atoms with E-state index in [1.807, 2.05) is 6.20 Å². The summed E-state index contributed by atoms with van der Waals surface area (Å²) in [6.07, 6.45) is 7.28. The molecule has 1 aliphatic rings. The minimum absolute atomic E-state index is 0.733. The van der Waals surface area contributed by atoms with Crippen LogP contribution in [0.5, 0.6) is 0 Å². The number of hydrogen-bond donors (Lipinski definition) is 1. The van der Waals surface area contributed by atoms with Crippen LogP contribution in [0.2, 0.25) is 0 Å². The van der Waals surface area contributed by atoms with E-state index >= 15 is 0 Å². The molecule has 1 aliphatic carbocycles. The van der Waals surface area contributed by atoms with Gasteiger partial charge < -0.3 is 0 Å². The molecular weight excluding hydrogens is 160 g/mol. The van der Waals surface area contributed by atoms with E-state index in [1.165, 1.54) is 36.9 Å². The Morgan fingerprint density at radius 3 is 2.85 bits per heavy atom. The van der Waals surface area contributed by atoms with Gasteiger partial charge in [0.2, 0.25) is 0 Å². The maximum absolute atomic E-state index is 4.15. The SMILES string of the molecule is CC(C)Cc1cn[nH]c1C1CCC1. The largest absolute Gasteiger partial charge is 0.282 e. The predicted octanol–water partition coefficient (Wildman–Crippen LogP) is 2.88. The first-order valence-electron chi connectivity index (χ1n) is 5.29. The standard InChI is InChI=1S/C11H18N2/c1-8(2)6-10-7-12-13-11(10)9-4-3-5-9/h7-9H,3-6H2,1-2H3,(H,12,13). The Labute approximate surface area is 79.7 Å². The molecule has 2 rings (SSSR count). The third-order valence-electron chi connectivity index (χ3n) is 2.89. The second-order valence-electron chi connectivity index (χ2n) is 4.53. The van der Waals surface area contributed by atoms with Crippen LogP contribution < -0.4 is 0 Å². The molecule has 0 bridgehead atoms. The summed E-state index contributed by atoms with van der Waals surface area (Å²) in [5, 5.41) is 7.32. The molecule has 1 aromatic rings. The van der Waals surface area contributed by atoms with E-state index in [-0.39, 0.29) is 0 Å². The van der Waals surface area contributed by atoms with Gasteiger partial charge in [0.1, 0.15) is 0 Å². The maximum Gasteiger partial charge on any atom is 0.0522 e. The molecule has 1 heterocycles. The Kier molecular flexibility index (Phi) is 2.38. The molecule has 1 aromatic heterocycles. The molecule has 0 saturated heterocycles. The van der Waals surface area contributed by atoms with Crippen LogP contribution in [0.15, 0.2) is 6.20 Å². The van der Waals surface area contributed by atoms with Crippen molar-refractivity contribution in [3.63, 3.8) is 0 Å². The van der Waals surface area contributed by atoms with Gasteiger partial charge in [0.15, 0.2) is 0 Å². The number of nitrogens with one attached hydrogen (secondary N) is 1. The highest BCUT2D eigenvalue weighted by atomic mass is 15.1. The van der Waals surface area contributed by atoms with E-state index in [1.54, 1.807) is 0 Å². The lowest BCUT2D eigenvalue weighted by Crippen LogP contribution is -2.11. The summed E-state index contributed by atoms with van der Waals surface area (Å²) in [6.45, 7) is 4.52. The van der Waals surface area contributed by atoms with Gasteiger partial charge in [0, 0.05) is 11.6 Å². The van der Waals surface area contributed by atoms with Crippen molar-refractivity contribution >= 4 is 0 Å². The van der Waals surface area contributed by atoms with E-state index in [4.69, 9.17) is 0 Å². The maximum atomic E-state index is 4.15. The van der Waals surface area contributed by atoms with Gasteiger partial charge in [-0.1, -0.05) is 20.3 Å². The van der Waals surface area contributed by atoms with E-state index in [0.717, 1.165) is 11.8 Å². The van der Waals surface area contributed by atoms with Crippen LogP contribution in [0, 0.1) is 5.92 Å². The summed E-state index contributed by atoms with van der Waals surface area (Å²) in [5.41, 5.74) is 2.86. The molecule has 1 N–H and O–H groups in total. The second kappa shape index (κ2) is 3.52. The molecule has 1 fully saturated rings. The summed E-state index contributed by atoms with van der Waals surface area (Å²) in [7, 11) is 0. The topological polar surface area (TPSA) is 28.7 Å². The van der Waals surface area contributed by atoms with Gasteiger partial charge in [-0.05, 0) is 30.7 Å². The quantitative estimate of drug-likeness (QED) is 0.757. The van der Waals surface area contributed by atoms with Crippen LogP contribution in [0.4, 0.5) is 0 Å². The van der Waals surface area contributed by atoms with Gasteiger partial charge in [-0.25, -0.2) is 0 Å². The van der Waals surface area contributed by atoms with Crippen molar-refractivity contribution in [1.29, 1.82) is 0 Å². The zero-order valence-corrected chi connectivity index (χ0v) is 8.51. The van der Waals surface area contributed by atoms with Crippen molar-refractivity contribution in [1.82, 2.24) is 10.2 Å². The molecule has 0 atom stereocenters. The molecule has 0 spiro atoms. The van der Waals surface area contributed by atoms with Gasteiger partial charge in [-0.2, -0.15) is 5.10 Å². The Morgan fingerprint density at radius 2 is 2.31 bits per heavy atom. The normalized spacial score (nSPS) is 17.8. The van der Waals surface area contributed by atoms with E-state index < -0.39 is 0 Å². The number of nitrogens with zero attached hydrogens (tertiary/aromatic N) is 1. The molecular formula is C11H18N2. The molecule has 1 saturated carbocycles. The zero-order valence-electron chi connectivity index (χ0n) is 8.51. The lowest BCUT2D eigenvalue weighted by Gasteiger charge is -2.25. The van der Waals surface area contributed by atoms with E-state index in [0.29, 0.717) is 0 Å². The van der Waals surface area contributed by atoms with Crippen molar-refractivity contribution < 1.29 is 0 Å². The van der Waals surface area contributed by atoms with Crippen molar-refractivity contribution in [2.75, 3.05) is 0 Å². The summed E-state index contributed by atoms with van der Waals surface area (Å²) in [6, 6.07) is 0. The van der Waals surface area contributed by atoms with Gasteiger partial charge in [-0.3, -0.25) is 5.10 Å². The van der Waals surface area contributed by atoms with Crippen molar-refractivity contribution in [3.8, 4) is 0 Å². The highest BCUT2D eigenvalue weighted by Crippen LogP contribution is 2.37. The number of rotatable bonds is 3. The molecule has 0 unspecified atom stereocenters. The van der Waals surface area contributed by atoms with Crippen molar-refractivity contribution in [2.45, 2.75) is 45.4 Å². The highest BCUT2D eigenvalue weighted by molar-refractivity contribution is 5.22. The molecule has 13 heavy (non-hydrogen) atoms. The lowest BCUT2D eigenvalue weighted by molar-refractivity contribution is 0.407. The first-order valence-corrected chi connectivity index (χ1v) is 5.29. The smallest absolute Gasteiger partial charge is 0.0522 e. The fourth-order valence-corrected chi connectivity index (χ4v) is 1.97. The number of hydrogen-bond acceptors (Lipinski definition) is 1. The summed E-state index contributed by atoms with van der Waals surface area (Å²) in [5.74, 6) is 1.52. The van der Waals surface area contributed by atoms with E-state index in [2.05, 4.69) is 24.0 Å². The summed E-state index contributed by atoms with van der Waals surface area (Å²) < 4.78 is 0. The predicted molar refractivity (Wildman–Crippen MR) is 53.7 cm³/mol. The van der Waals surface area contributed by atoms with Crippen LogP contribution >= 0.6 is 0 Å². The average molecular weight is 178 g/mol. The van der Waals surface area contributed by atoms with Gasteiger partial charge in [0.25, 0.3) is 0 Å². The van der Waals surface area contributed by atoms with Crippen LogP contribution in [0.25, 0.3) is 0 Å². The van der Waals surface area contributed by atoms with Crippen LogP contribution in [0.1, 0.15) is 50.3 Å². The minimum atomic E-state index is 0.733. The van der Waals surface area contributed by atoms with E-state index in [9.17, 15) is 0 Å². The Morgan fingerprint density at radius 1 is 1.54 bits per heavy atom.